The van der Waals surface area contributed by atoms with E-state index in [0.29, 0.717) is 6.42 Å². The Kier molecular flexibility index (Phi) is 4.27. The highest BCUT2D eigenvalue weighted by Crippen LogP contribution is 2.31. The average molecular weight is 288 g/mol. The van der Waals surface area contributed by atoms with Gasteiger partial charge in [0.2, 0.25) is 5.91 Å². The highest BCUT2D eigenvalue weighted by molar-refractivity contribution is 5.95. The Morgan fingerprint density at radius 3 is 2.76 bits per heavy atom. The zero-order chi connectivity index (χ0) is 14.8. The molecule has 4 heteroatoms. The topological polar surface area (TPSA) is 43.8 Å². The summed E-state index contributed by atoms with van der Waals surface area (Å²) in [5.41, 5.74) is 3.19. The fraction of sp³-hybridized carbons (Fsp3) is 0.588. The van der Waals surface area contributed by atoms with E-state index >= 15 is 0 Å². The van der Waals surface area contributed by atoms with Gasteiger partial charge >= 0.3 is 0 Å². The van der Waals surface area contributed by atoms with Gasteiger partial charge in [0.1, 0.15) is 0 Å². The molecule has 21 heavy (non-hydrogen) atoms. The molecule has 1 atom stereocenters. The van der Waals surface area contributed by atoms with Gasteiger partial charge in [-0.3, -0.25) is 4.79 Å². The van der Waals surface area contributed by atoms with Crippen molar-refractivity contribution < 1.29 is 9.90 Å². The van der Waals surface area contributed by atoms with Crippen LogP contribution in [0.25, 0.3) is 0 Å². The van der Waals surface area contributed by atoms with Crippen molar-refractivity contribution in [3.63, 3.8) is 0 Å². The number of benzene rings is 1. The lowest BCUT2D eigenvalue weighted by molar-refractivity contribution is -0.118. The van der Waals surface area contributed by atoms with Crippen LogP contribution in [0.2, 0.25) is 0 Å². The lowest BCUT2D eigenvalue weighted by atomic mass is 10.0. The van der Waals surface area contributed by atoms with Crippen LogP contribution in [0.4, 0.5) is 5.69 Å². The number of aliphatic hydroxyl groups excluding tert-OH is 1. The Morgan fingerprint density at radius 2 is 2.05 bits per heavy atom. The van der Waals surface area contributed by atoms with Crippen LogP contribution in [-0.4, -0.2) is 42.1 Å². The Hall–Kier alpha value is -1.39. The highest BCUT2D eigenvalue weighted by atomic mass is 16.3. The van der Waals surface area contributed by atoms with Gasteiger partial charge < -0.3 is 14.9 Å². The maximum Gasteiger partial charge on any atom is 0.226 e. The number of anilines is 1. The van der Waals surface area contributed by atoms with E-state index in [4.69, 9.17) is 0 Å². The molecule has 2 aliphatic heterocycles. The molecule has 0 aromatic heterocycles. The van der Waals surface area contributed by atoms with E-state index in [1.807, 2.05) is 24.0 Å². The summed E-state index contributed by atoms with van der Waals surface area (Å²) in [4.78, 5) is 16.1. The predicted molar refractivity (Wildman–Crippen MR) is 83.4 cm³/mol. The van der Waals surface area contributed by atoms with Crippen molar-refractivity contribution in [1.82, 2.24) is 4.90 Å². The maximum atomic E-state index is 11.9. The summed E-state index contributed by atoms with van der Waals surface area (Å²) < 4.78 is 0. The molecule has 1 amide bonds. The van der Waals surface area contributed by atoms with Crippen LogP contribution in [0.3, 0.4) is 0 Å². The van der Waals surface area contributed by atoms with Gasteiger partial charge in [-0.1, -0.05) is 19.1 Å². The second-order valence-electron chi connectivity index (χ2n) is 6.06. The largest absolute Gasteiger partial charge is 0.387 e. The zero-order valence-electron chi connectivity index (χ0n) is 12.7. The monoisotopic (exact) mass is 288 g/mol. The van der Waals surface area contributed by atoms with E-state index in [0.717, 1.165) is 43.9 Å². The van der Waals surface area contributed by atoms with Gasteiger partial charge in [0.25, 0.3) is 0 Å². The number of amides is 1. The molecule has 1 aromatic carbocycles. The summed E-state index contributed by atoms with van der Waals surface area (Å²) in [7, 11) is 0. The molecule has 1 N–H and O–H groups in total. The maximum absolute atomic E-state index is 11.9. The molecule has 1 aromatic rings. The van der Waals surface area contributed by atoms with E-state index in [-0.39, 0.29) is 5.91 Å². The van der Waals surface area contributed by atoms with E-state index in [2.05, 4.69) is 11.0 Å². The number of carbonyl (C=O) groups is 1. The molecule has 0 spiro atoms. The first-order chi connectivity index (χ1) is 10.2. The third kappa shape index (κ3) is 2.97. The first kappa shape index (κ1) is 14.5. The summed E-state index contributed by atoms with van der Waals surface area (Å²) >= 11 is 0. The minimum atomic E-state index is -0.427. The van der Waals surface area contributed by atoms with E-state index in [1.54, 1.807) is 0 Å². The van der Waals surface area contributed by atoms with Gasteiger partial charge in [-0.05, 0) is 49.5 Å². The minimum Gasteiger partial charge on any atom is -0.387 e. The standard InChI is InChI=1S/C17H24N2O2/c1-2-17(21)19-10-7-13-11-14(5-6-15(13)19)16(20)12-18-8-3-4-9-18/h5-6,11,16,20H,2-4,7-10,12H2,1H3/t16-/m0/s1. The Morgan fingerprint density at radius 1 is 1.29 bits per heavy atom. The molecular formula is C17H24N2O2. The fourth-order valence-electron chi connectivity index (χ4n) is 3.39. The van der Waals surface area contributed by atoms with Crippen molar-refractivity contribution in [2.75, 3.05) is 31.1 Å². The number of likely N-dealkylation sites (tertiary alicyclic amines) is 1. The normalized spacial score (nSPS) is 19.8. The van der Waals surface area contributed by atoms with Crippen LogP contribution in [0.1, 0.15) is 43.4 Å². The van der Waals surface area contributed by atoms with E-state index < -0.39 is 6.10 Å². The van der Waals surface area contributed by atoms with Gasteiger partial charge in [0.15, 0.2) is 0 Å². The lowest BCUT2D eigenvalue weighted by Gasteiger charge is -2.21. The van der Waals surface area contributed by atoms with Crippen LogP contribution in [0.15, 0.2) is 18.2 Å². The van der Waals surface area contributed by atoms with Crippen molar-refractivity contribution >= 4 is 11.6 Å². The van der Waals surface area contributed by atoms with Gasteiger partial charge in [-0.25, -0.2) is 0 Å². The van der Waals surface area contributed by atoms with Gasteiger partial charge in [0.05, 0.1) is 6.10 Å². The second-order valence-corrected chi connectivity index (χ2v) is 6.06. The number of nitrogens with zero attached hydrogens (tertiary/aromatic N) is 2. The average Bonchev–Trinajstić information content (AvgIpc) is 3.14. The summed E-state index contributed by atoms with van der Waals surface area (Å²) in [6, 6.07) is 6.05. The molecule has 3 rings (SSSR count). The molecule has 114 valence electrons. The first-order valence-electron chi connectivity index (χ1n) is 8.02. The molecule has 0 radical (unpaired) electrons. The third-order valence-electron chi connectivity index (χ3n) is 4.62. The Labute approximate surface area is 126 Å². The van der Waals surface area contributed by atoms with Crippen molar-refractivity contribution in [3.8, 4) is 0 Å². The third-order valence-corrected chi connectivity index (χ3v) is 4.62. The summed E-state index contributed by atoms with van der Waals surface area (Å²) in [6.07, 6.45) is 3.49. The lowest BCUT2D eigenvalue weighted by Crippen LogP contribution is -2.27. The molecule has 0 unspecified atom stereocenters. The number of carbonyl (C=O) groups excluding carboxylic acids is 1. The van der Waals surface area contributed by atoms with Crippen LogP contribution in [0.5, 0.6) is 0 Å². The number of aliphatic hydroxyl groups is 1. The van der Waals surface area contributed by atoms with Gasteiger partial charge in [-0.15, -0.1) is 0 Å². The Balaban J connectivity index is 1.72. The predicted octanol–water partition coefficient (Wildman–Crippen LogP) is 2.11. The molecule has 4 nitrogen and oxygen atoms in total. The van der Waals surface area contributed by atoms with Crippen molar-refractivity contribution in [2.45, 2.75) is 38.7 Å². The summed E-state index contributed by atoms with van der Waals surface area (Å²) in [5.74, 6) is 0.180. The molecule has 2 heterocycles. The molecule has 1 fully saturated rings. The molecular weight excluding hydrogens is 264 g/mol. The molecule has 0 saturated carbocycles. The minimum absolute atomic E-state index is 0.180. The number of β-amino-alcohol motifs (C(OH)–C–C–N with tert-alkyl or cyclic N) is 1. The summed E-state index contributed by atoms with van der Waals surface area (Å²) in [5, 5.41) is 10.4. The van der Waals surface area contributed by atoms with E-state index in [1.165, 1.54) is 18.4 Å². The van der Waals surface area contributed by atoms with Gasteiger partial charge in [-0.2, -0.15) is 0 Å². The van der Waals surface area contributed by atoms with Crippen molar-refractivity contribution in [2.24, 2.45) is 0 Å². The molecule has 1 saturated heterocycles. The quantitative estimate of drug-likeness (QED) is 0.923. The van der Waals surface area contributed by atoms with Crippen LogP contribution in [-0.2, 0) is 11.2 Å². The highest BCUT2D eigenvalue weighted by Gasteiger charge is 2.25. The number of hydrogen-bond acceptors (Lipinski definition) is 3. The van der Waals surface area contributed by atoms with Crippen LogP contribution >= 0.6 is 0 Å². The number of fused-ring (bicyclic) bond motifs is 1. The van der Waals surface area contributed by atoms with Crippen molar-refractivity contribution in [1.29, 1.82) is 0 Å². The second kappa shape index (κ2) is 6.16. The van der Waals surface area contributed by atoms with Crippen molar-refractivity contribution in [3.05, 3.63) is 29.3 Å². The van der Waals surface area contributed by atoms with Crippen LogP contribution in [0, 0.1) is 0 Å². The number of hydrogen-bond donors (Lipinski definition) is 1. The zero-order valence-corrected chi connectivity index (χ0v) is 12.7. The van der Waals surface area contributed by atoms with E-state index in [9.17, 15) is 9.90 Å². The SMILES string of the molecule is CCC(=O)N1CCc2cc([C@@H](O)CN3CCCC3)ccc21. The molecule has 0 aliphatic carbocycles. The summed E-state index contributed by atoms with van der Waals surface area (Å²) in [6.45, 7) is 5.58. The smallest absolute Gasteiger partial charge is 0.226 e. The number of rotatable bonds is 4. The van der Waals surface area contributed by atoms with Gasteiger partial charge in [0, 0.05) is 25.2 Å². The fourth-order valence-corrected chi connectivity index (χ4v) is 3.39. The Bertz CT molecular complexity index is 524. The van der Waals surface area contributed by atoms with Crippen LogP contribution < -0.4 is 4.90 Å². The molecule has 2 aliphatic rings. The first-order valence-corrected chi connectivity index (χ1v) is 8.02. The molecule has 0 bridgehead atoms.